The molecule has 4 aromatic rings. The van der Waals surface area contributed by atoms with Gasteiger partial charge in [0.1, 0.15) is 29.9 Å². The van der Waals surface area contributed by atoms with Gasteiger partial charge in [-0.25, -0.2) is 23.1 Å². The second kappa shape index (κ2) is 7.47. The summed E-state index contributed by atoms with van der Waals surface area (Å²) in [6.07, 6.45) is 7.61. The van der Waals surface area contributed by atoms with Crippen LogP contribution in [0.5, 0.6) is 0 Å². The summed E-state index contributed by atoms with van der Waals surface area (Å²) in [5.74, 6) is -2.30. The largest absolute Gasteiger partial charge is 0.382 e. The summed E-state index contributed by atoms with van der Waals surface area (Å²) in [6.45, 7) is 1.58. The highest BCUT2D eigenvalue weighted by atomic mass is 19.1. The van der Waals surface area contributed by atoms with Gasteiger partial charge in [-0.2, -0.15) is 5.10 Å². The number of benzene rings is 1. The van der Waals surface area contributed by atoms with Crippen LogP contribution in [0.4, 0.5) is 8.78 Å². The van der Waals surface area contributed by atoms with Crippen LogP contribution < -0.4 is 0 Å². The van der Waals surface area contributed by atoms with Crippen molar-refractivity contribution in [1.29, 1.82) is 0 Å². The highest BCUT2D eigenvalue weighted by Gasteiger charge is 2.41. The third-order valence-corrected chi connectivity index (χ3v) is 4.85. The molecule has 0 spiro atoms. The number of pyridine rings is 1. The summed E-state index contributed by atoms with van der Waals surface area (Å²) < 4.78 is 31.0. The van der Waals surface area contributed by atoms with Crippen LogP contribution in [-0.4, -0.2) is 39.8 Å². The lowest BCUT2D eigenvalue weighted by atomic mass is 9.80. The summed E-state index contributed by atoms with van der Waals surface area (Å²) in [4.78, 5) is 7.90. The van der Waals surface area contributed by atoms with Crippen molar-refractivity contribution in [1.82, 2.24) is 34.7 Å². The van der Waals surface area contributed by atoms with Gasteiger partial charge in [-0.05, 0) is 18.2 Å². The molecule has 0 fully saturated rings. The predicted octanol–water partition coefficient (Wildman–Crippen LogP) is 2.22. The van der Waals surface area contributed by atoms with E-state index in [2.05, 4.69) is 25.4 Å². The molecule has 1 aromatic carbocycles. The first-order valence-electron chi connectivity index (χ1n) is 8.80. The molecule has 0 aliphatic heterocycles. The number of hydrogen-bond donors (Lipinski definition) is 1. The minimum Gasteiger partial charge on any atom is -0.382 e. The van der Waals surface area contributed by atoms with Gasteiger partial charge >= 0.3 is 0 Å². The van der Waals surface area contributed by atoms with E-state index in [4.69, 9.17) is 0 Å². The van der Waals surface area contributed by atoms with E-state index in [1.807, 2.05) is 0 Å². The van der Waals surface area contributed by atoms with E-state index in [0.717, 1.165) is 12.1 Å². The minimum atomic E-state index is -1.79. The first-order chi connectivity index (χ1) is 14.0. The van der Waals surface area contributed by atoms with E-state index in [0.29, 0.717) is 11.4 Å². The zero-order valence-electron chi connectivity index (χ0n) is 15.4. The van der Waals surface area contributed by atoms with E-state index >= 15 is 0 Å². The van der Waals surface area contributed by atoms with E-state index in [-0.39, 0.29) is 12.1 Å². The van der Waals surface area contributed by atoms with Crippen LogP contribution in [0.1, 0.15) is 24.1 Å². The lowest BCUT2D eigenvalue weighted by Crippen LogP contribution is -2.38. The molecule has 8 nitrogen and oxygen atoms in total. The van der Waals surface area contributed by atoms with Crippen molar-refractivity contribution >= 4 is 0 Å². The highest BCUT2D eigenvalue weighted by Crippen LogP contribution is 2.39. The van der Waals surface area contributed by atoms with Gasteiger partial charge in [0, 0.05) is 23.7 Å². The molecule has 4 rings (SSSR count). The zero-order valence-corrected chi connectivity index (χ0v) is 15.4. The topological polar surface area (TPSA) is 94.5 Å². The second-order valence-corrected chi connectivity index (χ2v) is 6.66. The Bertz CT molecular complexity index is 1100. The maximum Gasteiger partial charge on any atom is 0.137 e. The molecular formula is C19H17F2N7O. The predicted molar refractivity (Wildman–Crippen MR) is 97.8 cm³/mol. The molecule has 10 heteroatoms. The fraction of sp³-hybridized carbons (Fsp3) is 0.211. The van der Waals surface area contributed by atoms with E-state index < -0.39 is 23.2 Å². The molecule has 2 atom stereocenters. The van der Waals surface area contributed by atoms with E-state index in [1.165, 1.54) is 28.1 Å². The standard InChI is InChI=1S/C19H17F2N7O/c1-13(18-9-28(26-25-18)15-3-2-6-22-8-15)19(29,10-27-12-23-11-24-27)16-5-4-14(20)7-17(16)21/h2-9,11-13,29H,10H2,1H3/t13-,19+/m0/s1. The second-order valence-electron chi connectivity index (χ2n) is 6.66. The Kier molecular flexibility index (Phi) is 4.85. The number of rotatable bonds is 6. The van der Waals surface area contributed by atoms with Crippen molar-refractivity contribution in [3.05, 3.63) is 84.5 Å². The van der Waals surface area contributed by atoms with Crippen LogP contribution in [0.15, 0.2) is 61.6 Å². The molecule has 29 heavy (non-hydrogen) atoms. The molecule has 0 aliphatic carbocycles. The monoisotopic (exact) mass is 397 g/mol. The van der Waals surface area contributed by atoms with Crippen molar-refractivity contribution in [3.8, 4) is 5.69 Å². The summed E-state index contributed by atoms with van der Waals surface area (Å²) in [5, 5.41) is 23.8. The Balaban J connectivity index is 1.75. The van der Waals surface area contributed by atoms with Gasteiger partial charge in [0.05, 0.1) is 30.3 Å². The zero-order chi connectivity index (χ0) is 20.4. The Hall–Kier alpha value is -3.53. The van der Waals surface area contributed by atoms with Crippen LogP contribution in [0.25, 0.3) is 5.69 Å². The summed E-state index contributed by atoms with van der Waals surface area (Å²) >= 11 is 0. The van der Waals surface area contributed by atoms with Crippen molar-refractivity contribution in [2.45, 2.75) is 25.0 Å². The van der Waals surface area contributed by atoms with Crippen molar-refractivity contribution in [2.24, 2.45) is 0 Å². The van der Waals surface area contributed by atoms with Crippen LogP contribution in [0.2, 0.25) is 0 Å². The number of aliphatic hydroxyl groups is 1. The maximum atomic E-state index is 14.6. The van der Waals surface area contributed by atoms with E-state index in [9.17, 15) is 13.9 Å². The first-order valence-corrected chi connectivity index (χ1v) is 8.80. The molecule has 1 N–H and O–H groups in total. The highest BCUT2D eigenvalue weighted by molar-refractivity contribution is 5.31. The lowest BCUT2D eigenvalue weighted by molar-refractivity contribution is -0.0123. The van der Waals surface area contributed by atoms with Crippen molar-refractivity contribution in [3.63, 3.8) is 0 Å². The summed E-state index contributed by atoms with van der Waals surface area (Å²) in [5.41, 5.74) is -0.759. The van der Waals surface area contributed by atoms with Gasteiger partial charge < -0.3 is 5.11 Å². The summed E-state index contributed by atoms with van der Waals surface area (Å²) in [7, 11) is 0. The average Bonchev–Trinajstić information content (AvgIpc) is 3.40. The minimum absolute atomic E-state index is 0.0715. The number of nitrogens with zero attached hydrogens (tertiary/aromatic N) is 7. The first kappa shape index (κ1) is 18.8. The van der Waals surface area contributed by atoms with Gasteiger partial charge in [0.15, 0.2) is 0 Å². The van der Waals surface area contributed by atoms with Crippen molar-refractivity contribution < 1.29 is 13.9 Å². The normalized spacial score (nSPS) is 14.5. The molecule has 0 radical (unpaired) electrons. The lowest BCUT2D eigenvalue weighted by Gasteiger charge is -2.33. The average molecular weight is 397 g/mol. The fourth-order valence-electron chi connectivity index (χ4n) is 3.19. The Morgan fingerprint density at radius 3 is 2.76 bits per heavy atom. The van der Waals surface area contributed by atoms with Crippen LogP contribution >= 0.6 is 0 Å². The van der Waals surface area contributed by atoms with Gasteiger partial charge in [0.25, 0.3) is 0 Å². The molecular weight excluding hydrogens is 380 g/mol. The Morgan fingerprint density at radius 1 is 1.21 bits per heavy atom. The van der Waals surface area contributed by atoms with Gasteiger partial charge in [-0.15, -0.1) is 5.10 Å². The van der Waals surface area contributed by atoms with Crippen LogP contribution in [0, 0.1) is 11.6 Å². The smallest absolute Gasteiger partial charge is 0.137 e. The van der Waals surface area contributed by atoms with Gasteiger partial charge in [0.2, 0.25) is 0 Å². The molecule has 0 saturated heterocycles. The molecule has 0 amide bonds. The Morgan fingerprint density at radius 2 is 2.07 bits per heavy atom. The maximum absolute atomic E-state index is 14.6. The van der Waals surface area contributed by atoms with E-state index in [1.54, 1.807) is 37.6 Å². The number of hydrogen-bond acceptors (Lipinski definition) is 6. The number of halogens is 2. The van der Waals surface area contributed by atoms with Crippen molar-refractivity contribution in [2.75, 3.05) is 0 Å². The molecule has 3 aromatic heterocycles. The fourth-order valence-corrected chi connectivity index (χ4v) is 3.19. The van der Waals surface area contributed by atoms with Gasteiger partial charge in [-0.3, -0.25) is 4.98 Å². The molecule has 0 aliphatic rings. The molecule has 0 bridgehead atoms. The third-order valence-electron chi connectivity index (χ3n) is 4.85. The van der Waals surface area contributed by atoms with Crippen LogP contribution in [0.3, 0.4) is 0 Å². The number of aromatic nitrogens is 7. The SMILES string of the molecule is C[C@@H](c1cn(-c2cccnc2)nn1)[C@](O)(Cn1cncn1)c1ccc(F)cc1F. The summed E-state index contributed by atoms with van der Waals surface area (Å²) in [6, 6.07) is 6.63. The van der Waals surface area contributed by atoms with Gasteiger partial charge in [-0.1, -0.05) is 18.2 Å². The molecule has 0 unspecified atom stereocenters. The third kappa shape index (κ3) is 3.61. The van der Waals surface area contributed by atoms with Crippen LogP contribution in [-0.2, 0) is 12.1 Å². The molecule has 3 heterocycles. The molecule has 0 saturated carbocycles. The molecule has 148 valence electrons. The Labute approximate surface area is 164 Å². The quantitative estimate of drug-likeness (QED) is 0.536.